The summed E-state index contributed by atoms with van der Waals surface area (Å²) in [6.07, 6.45) is 3.43. The molecule has 1 heterocycles. The molecule has 1 atom stereocenters. The fraction of sp³-hybridized carbons (Fsp3) is 0.273. The van der Waals surface area contributed by atoms with E-state index in [0.717, 1.165) is 29.5 Å². The number of hydrogen-bond donors (Lipinski definition) is 0. The standard InChI is InChI=1S/C11H11NO3/c1-8-7-10-4-2-3-9(11(10)15-8)5-6-12(13)14/h2-6,8H,7H2,1H3/b6-5+. The summed E-state index contributed by atoms with van der Waals surface area (Å²) >= 11 is 0. The molecule has 1 aromatic carbocycles. The first kappa shape index (κ1) is 9.71. The van der Waals surface area contributed by atoms with Gasteiger partial charge in [0.1, 0.15) is 11.9 Å². The predicted octanol–water partition coefficient (Wildman–Crippen LogP) is 2.26. The molecule has 2 rings (SSSR count). The molecular weight excluding hydrogens is 194 g/mol. The van der Waals surface area contributed by atoms with E-state index in [9.17, 15) is 10.1 Å². The van der Waals surface area contributed by atoms with Crippen molar-refractivity contribution in [2.24, 2.45) is 0 Å². The first-order chi connectivity index (χ1) is 7.16. The average molecular weight is 205 g/mol. The molecule has 0 saturated carbocycles. The van der Waals surface area contributed by atoms with Gasteiger partial charge in [0, 0.05) is 18.1 Å². The van der Waals surface area contributed by atoms with Crippen LogP contribution in [0.15, 0.2) is 24.4 Å². The Morgan fingerprint density at radius 2 is 2.40 bits per heavy atom. The highest BCUT2D eigenvalue weighted by Crippen LogP contribution is 2.32. The van der Waals surface area contributed by atoms with Crippen LogP contribution < -0.4 is 4.74 Å². The van der Waals surface area contributed by atoms with Crippen LogP contribution >= 0.6 is 0 Å². The highest BCUT2D eigenvalue weighted by atomic mass is 16.6. The van der Waals surface area contributed by atoms with Crippen molar-refractivity contribution in [1.29, 1.82) is 0 Å². The molecule has 0 bridgehead atoms. The van der Waals surface area contributed by atoms with Gasteiger partial charge in [0.25, 0.3) is 0 Å². The number of nitro groups is 1. The lowest BCUT2D eigenvalue weighted by Gasteiger charge is -2.04. The third kappa shape index (κ3) is 1.98. The van der Waals surface area contributed by atoms with Crippen LogP contribution in [0.3, 0.4) is 0 Å². The van der Waals surface area contributed by atoms with E-state index in [1.54, 1.807) is 0 Å². The Labute approximate surface area is 87.3 Å². The third-order valence-corrected chi connectivity index (χ3v) is 2.33. The number of ether oxygens (including phenoxy) is 1. The molecule has 0 fully saturated rings. The first-order valence-corrected chi connectivity index (χ1v) is 4.77. The van der Waals surface area contributed by atoms with Crippen LogP contribution in [0.25, 0.3) is 6.08 Å². The summed E-state index contributed by atoms with van der Waals surface area (Å²) < 4.78 is 5.60. The van der Waals surface area contributed by atoms with E-state index in [2.05, 4.69) is 0 Å². The van der Waals surface area contributed by atoms with Crippen molar-refractivity contribution >= 4 is 6.08 Å². The van der Waals surface area contributed by atoms with Gasteiger partial charge in [-0.15, -0.1) is 0 Å². The summed E-state index contributed by atoms with van der Waals surface area (Å²) in [5, 5.41) is 10.2. The van der Waals surface area contributed by atoms with Crippen molar-refractivity contribution in [2.45, 2.75) is 19.4 Å². The lowest BCUT2D eigenvalue weighted by Crippen LogP contribution is -2.05. The molecule has 0 spiro atoms. The number of hydrogen-bond acceptors (Lipinski definition) is 3. The quantitative estimate of drug-likeness (QED) is 0.549. The third-order valence-electron chi connectivity index (χ3n) is 2.33. The van der Waals surface area contributed by atoms with Crippen LogP contribution in [-0.2, 0) is 6.42 Å². The normalized spacial score (nSPS) is 18.9. The molecular formula is C11H11NO3. The minimum absolute atomic E-state index is 0.158. The zero-order valence-electron chi connectivity index (χ0n) is 8.34. The zero-order valence-corrected chi connectivity index (χ0v) is 8.34. The van der Waals surface area contributed by atoms with Crippen molar-refractivity contribution in [3.05, 3.63) is 45.6 Å². The van der Waals surface area contributed by atoms with E-state index in [1.807, 2.05) is 25.1 Å². The summed E-state index contributed by atoms with van der Waals surface area (Å²) in [5.74, 6) is 0.781. The molecule has 0 saturated heterocycles. The summed E-state index contributed by atoms with van der Waals surface area (Å²) in [4.78, 5) is 9.74. The van der Waals surface area contributed by atoms with Crippen LogP contribution in [0.1, 0.15) is 18.1 Å². The SMILES string of the molecule is CC1Cc2cccc(/C=C/[N+](=O)[O-])c2O1. The number of para-hydroxylation sites is 1. The summed E-state index contributed by atoms with van der Waals surface area (Å²) in [7, 11) is 0. The van der Waals surface area contributed by atoms with Crippen LogP contribution in [0.5, 0.6) is 5.75 Å². The molecule has 78 valence electrons. The van der Waals surface area contributed by atoms with E-state index < -0.39 is 4.92 Å². The number of rotatable bonds is 2. The van der Waals surface area contributed by atoms with Gasteiger partial charge < -0.3 is 4.74 Å². The Kier molecular flexibility index (Phi) is 2.41. The maximum atomic E-state index is 10.2. The van der Waals surface area contributed by atoms with Crippen molar-refractivity contribution in [3.8, 4) is 5.75 Å². The highest BCUT2D eigenvalue weighted by Gasteiger charge is 2.20. The lowest BCUT2D eigenvalue weighted by atomic mass is 10.1. The van der Waals surface area contributed by atoms with Crippen molar-refractivity contribution < 1.29 is 9.66 Å². The Morgan fingerprint density at radius 1 is 1.60 bits per heavy atom. The molecule has 0 radical (unpaired) electrons. The fourth-order valence-corrected chi connectivity index (χ4v) is 1.73. The smallest absolute Gasteiger partial charge is 0.235 e. The topological polar surface area (TPSA) is 52.4 Å². The molecule has 15 heavy (non-hydrogen) atoms. The van der Waals surface area contributed by atoms with Gasteiger partial charge in [-0.05, 0) is 12.5 Å². The molecule has 1 unspecified atom stereocenters. The van der Waals surface area contributed by atoms with E-state index in [0.29, 0.717) is 0 Å². The highest BCUT2D eigenvalue weighted by molar-refractivity contribution is 5.60. The molecule has 0 aliphatic carbocycles. The minimum Gasteiger partial charge on any atom is -0.489 e. The van der Waals surface area contributed by atoms with Gasteiger partial charge in [-0.25, -0.2) is 0 Å². The molecule has 1 aliphatic rings. The molecule has 1 aromatic rings. The summed E-state index contributed by atoms with van der Waals surface area (Å²) in [6.45, 7) is 1.99. The Balaban J connectivity index is 2.34. The van der Waals surface area contributed by atoms with Gasteiger partial charge in [0.15, 0.2) is 0 Å². The van der Waals surface area contributed by atoms with Crippen molar-refractivity contribution in [3.63, 3.8) is 0 Å². The second kappa shape index (κ2) is 3.73. The van der Waals surface area contributed by atoms with Crippen LogP contribution in [0, 0.1) is 10.1 Å². The second-order valence-corrected chi connectivity index (χ2v) is 3.57. The fourth-order valence-electron chi connectivity index (χ4n) is 1.73. The van der Waals surface area contributed by atoms with Crippen LogP contribution in [0.2, 0.25) is 0 Å². The van der Waals surface area contributed by atoms with E-state index >= 15 is 0 Å². The van der Waals surface area contributed by atoms with E-state index in [-0.39, 0.29) is 6.10 Å². The van der Waals surface area contributed by atoms with Gasteiger partial charge in [-0.3, -0.25) is 10.1 Å². The monoisotopic (exact) mass is 205 g/mol. The van der Waals surface area contributed by atoms with Gasteiger partial charge in [0.05, 0.1) is 4.92 Å². The zero-order chi connectivity index (χ0) is 10.8. The van der Waals surface area contributed by atoms with Crippen molar-refractivity contribution in [1.82, 2.24) is 0 Å². The summed E-state index contributed by atoms with van der Waals surface area (Å²) in [5.41, 5.74) is 1.89. The largest absolute Gasteiger partial charge is 0.489 e. The number of fused-ring (bicyclic) bond motifs is 1. The molecule has 1 aliphatic heterocycles. The number of nitrogens with zero attached hydrogens (tertiary/aromatic N) is 1. The van der Waals surface area contributed by atoms with Crippen LogP contribution in [0.4, 0.5) is 0 Å². The second-order valence-electron chi connectivity index (χ2n) is 3.57. The molecule has 0 aromatic heterocycles. The molecule has 0 N–H and O–H groups in total. The maximum Gasteiger partial charge on any atom is 0.235 e. The van der Waals surface area contributed by atoms with Gasteiger partial charge in [-0.2, -0.15) is 0 Å². The first-order valence-electron chi connectivity index (χ1n) is 4.77. The summed E-state index contributed by atoms with van der Waals surface area (Å²) in [6, 6.07) is 5.69. The van der Waals surface area contributed by atoms with Crippen molar-refractivity contribution in [2.75, 3.05) is 0 Å². The van der Waals surface area contributed by atoms with E-state index in [4.69, 9.17) is 4.74 Å². The molecule has 4 heteroatoms. The Bertz CT molecular complexity index is 426. The molecule has 4 nitrogen and oxygen atoms in total. The minimum atomic E-state index is -0.474. The number of benzene rings is 1. The Morgan fingerprint density at radius 3 is 3.13 bits per heavy atom. The lowest BCUT2D eigenvalue weighted by molar-refractivity contribution is -0.400. The van der Waals surface area contributed by atoms with E-state index in [1.165, 1.54) is 6.08 Å². The van der Waals surface area contributed by atoms with Gasteiger partial charge >= 0.3 is 0 Å². The maximum absolute atomic E-state index is 10.2. The van der Waals surface area contributed by atoms with Crippen LogP contribution in [-0.4, -0.2) is 11.0 Å². The van der Waals surface area contributed by atoms with Gasteiger partial charge in [-0.1, -0.05) is 18.2 Å². The molecule has 0 amide bonds. The van der Waals surface area contributed by atoms with Gasteiger partial charge in [0.2, 0.25) is 6.20 Å². The average Bonchev–Trinajstić information content (AvgIpc) is 2.55. The predicted molar refractivity (Wildman–Crippen MR) is 56.3 cm³/mol. The Hall–Kier alpha value is -1.84.